The monoisotopic (exact) mass is 249 g/mol. The highest BCUT2D eigenvalue weighted by Crippen LogP contribution is 2.28. The summed E-state index contributed by atoms with van der Waals surface area (Å²) in [5.74, 6) is 0. The molecule has 0 radical (unpaired) electrons. The van der Waals surface area contributed by atoms with Crippen LogP contribution in [0.1, 0.15) is 49.3 Å². The van der Waals surface area contributed by atoms with Crippen LogP contribution < -0.4 is 5.73 Å². The fraction of sp³-hybridized carbons (Fsp3) is 0.467. The van der Waals surface area contributed by atoms with Gasteiger partial charge in [-0.1, -0.05) is 35.4 Å². The smallest absolute Gasteiger partial charge is 0.0438 e. The van der Waals surface area contributed by atoms with E-state index in [1.165, 1.54) is 31.3 Å². The lowest BCUT2D eigenvalue weighted by atomic mass is 9.92. The Balaban J connectivity index is 2.06. The molecule has 1 aromatic carbocycles. The summed E-state index contributed by atoms with van der Waals surface area (Å²) in [6, 6.07) is 6.23. The second-order valence-corrected chi connectivity index (χ2v) is 5.33. The SMILES string of the molecule is Cc1ccc(C(N)CC2=CCCCC2)cc1Cl. The van der Waals surface area contributed by atoms with Crippen LogP contribution >= 0.6 is 11.6 Å². The van der Waals surface area contributed by atoms with Crippen molar-refractivity contribution in [3.05, 3.63) is 46.0 Å². The Kier molecular flexibility index (Phi) is 4.25. The van der Waals surface area contributed by atoms with Crippen molar-refractivity contribution in [3.63, 3.8) is 0 Å². The molecular formula is C15H20ClN. The molecule has 1 aliphatic rings. The number of aryl methyl sites for hydroxylation is 1. The standard InChI is InChI=1S/C15H20ClN/c1-11-7-8-13(10-14(11)16)15(17)9-12-5-3-2-4-6-12/h5,7-8,10,15H,2-4,6,9,17H2,1H3. The second-order valence-electron chi connectivity index (χ2n) is 4.93. The summed E-state index contributed by atoms with van der Waals surface area (Å²) < 4.78 is 0. The predicted molar refractivity (Wildman–Crippen MR) is 74.3 cm³/mol. The zero-order chi connectivity index (χ0) is 12.3. The van der Waals surface area contributed by atoms with Gasteiger partial charge in [0.1, 0.15) is 0 Å². The van der Waals surface area contributed by atoms with Crippen molar-refractivity contribution in [2.75, 3.05) is 0 Å². The first kappa shape index (κ1) is 12.7. The maximum atomic E-state index is 6.25. The van der Waals surface area contributed by atoms with Crippen LogP contribution in [0.15, 0.2) is 29.8 Å². The third-order valence-electron chi connectivity index (χ3n) is 3.49. The summed E-state index contributed by atoms with van der Waals surface area (Å²) in [6.07, 6.45) is 8.41. The van der Waals surface area contributed by atoms with Crippen molar-refractivity contribution in [2.45, 2.75) is 45.1 Å². The minimum atomic E-state index is 0.0810. The van der Waals surface area contributed by atoms with Crippen LogP contribution in [0.5, 0.6) is 0 Å². The highest BCUT2D eigenvalue weighted by Gasteiger charge is 2.11. The molecule has 0 fully saturated rings. The molecule has 0 aliphatic heterocycles. The van der Waals surface area contributed by atoms with Gasteiger partial charge in [-0.05, 0) is 56.2 Å². The molecule has 92 valence electrons. The Morgan fingerprint density at radius 3 is 2.82 bits per heavy atom. The molecule has 1 atom stereocenters. The van der Waals surface area contributed by atoms with Gasteiger partial charge in [-0.3, -0.25) is 0 Å². The van der Waals surface area contributed by atoms with Gasteiger partial charge in [-0.25, -0.2) is 0 Å². The summed E-state index contributed by atoms with van der Waals surface area (Å²) in [4.78, 5) is 0. The molecule has 0 spiro atoms. The first-order chi connectivity index (χ1) is 8.16. The minimum absolute atomic E-state index is 0.0810. The largest absolute Gasteiger partial charge is 0.324 e. The molecule has 1 nitrogen and oxygen atoms in total. The van der Waals surface area contributed by atoms with Crippen LogP contribution in [0.2, 0.25) is 5.02 Å². The molecule has 0 saturated heterocycles. The molecule has 0 heterocycles. The number of hydrogen-bond donors (Lipinski definition) is 1. The summed E-state index contributed by atoms with van der Waals surface area (Å²) in [5.41, 5.74) is 10.0. The van der Waals surface area contributed by atoms with Gasteiger partial charge in [0.25, 0.3) is 0 Å². The third-order valence-corrected chi connectivity index (χ3v) is 3.90. The van der Waals surface area contributed by atoms with Gasteiger partial charge < -0.3 is 5.73 Å². The summed E-state index contributed by atoms with van der Waals surface area (Å²) in [7, 11) is 0. The Bertz CT molecular complexity index is 423. The Labute approximate surface area is 109 Å². The zero-order valence-electron chi connectivity index (χ0n) is 10.4. The van der Waals surface area contributed by atoms with Crippen LogP contribution in [0, 0.1) is 6.92 Å². The third kappa shape index (κ3) is 3.34. The van der Waals surface area contributed by atoms with E-state index in [0.717, 1.165) is 22.6 Å². The maximum Gasteiger partial charge on any atom is 0.0438 e. The van der Waals surface area contributed by atoms with Crippen molar-refractivity contribution in [1.82, 2.24) is 0 Å². The lowest BCUT2D eigenvalue weighted by Gasteiger charge is -2.18. The van der Waals surface area contributed by atoms with E-state index in [2.05, 4.69) is 12.1 Å². The molecule has 1 aromatic rings. The van der Waals surface area contributed by atoms with Crippen LogP contribution in [0.3, 0.4) is 0 Å². The minimum Gasteiger partial charge on any atom is -0.324 e. The van der Waals surface area contributed by atoms with Crippen LogP contribution in [0.4, 0.5) is 0 Å². The topological polar surface area (TPSA) is 26.0 Å². The van der Waals surface area contributed by atoms with E-state index in [-0.39, 0.29) is 6.04 Å². The van der Waals surface area contributed by atoms with Gasteiger partial charge in [0.2, 0.25) is 0 Å². The predicted octanol–water partition coefficient (Wildman–Crippen LogP) is 4.54. The van der Waals surface area contributed by atoms with Crippen molar-refractivity contribution in [1.29, 1.82) is 0 Å². The van der Waals surface area contributed by atoms with Crippen molar-refractivity contribution in [2.24, 2.45) is 5.73 Å². The molecule has 0 aromatic heterocycles. The molecule has 2 rings (SSSR count). The number of rotatable bonds is 3. The Hall–Kier alpha value is -0.790. The van der Waals surface area contributed by atoms with Gasteiger partial charge in [-0.2, -0.15) is 0 Å². The summed E-state index contributed by atoms with van der Waals surface area (Å²) in [6.45, 7) is 2.02. The fourth-order valence-corrected chi connectivity index (χ4v) is 2.52. The molecular weight excluding hydrogens is 230 g/mol. The summed E-state index contributed by atoms with van der Waals surface area (Å²) in [5, 5.41) is 0.815. The normalized spacial score (nSPS) is 17.7. The van der Waals surface area contributed by atoms with Crippen LogP contribution in [-0.2, 0) is 0 Å². The van der Waals surface area contributed by atoms with Crippen molar-refractivity contribution < 1.29 is 0 Å². The van der Waals surface area contributed by atoms with E-state index in [4.69, 9.17) is 17.3 Å². The molecule has 2 N–H and O–H groups in total. The van der Waals surface area contributed by atoms with E-state index >= 15 is 0 Å². The van der Waals surface area contributed by atoms with Gasteiger partial charge in [-0.15, -0.1) is 0 Å². The molecule has 0 bridgehead atoms. The Morgan fingerprint density at radius 1 is 1.35 bits per heavy atom. The average molecular weight is 250 g/mol. The van der Waals surface area contributed by atoms with E-state index in [1.54, 1.807) is 0 Å². The number of halogens is 1. The second kappa shape index (κ2) is 5.70. The van der Waals surface area contributed by atoms with Crippen molar-refractivity contribution in [3.8, 4) is 0 Å². The highest BCUT2D eigenvalue weighted by atomic mass is 35.5. The highest BCUT2D eigenvalue weighted by molar-refractivity contribution is 6.31. The van der Waals surface area contributed by atoms with Crippen LogP contribution in [-0.4, -0.2) is 0 Å². The maximum absolute atomic E-state index is 6.25. The fourth-order valence-electron chi connectivity index (χ4n) is 2.33. The lowest BCUT2D eigenvalue weighted by molar-refractivity contribution is 0.628. The first-order valence-corrected chi connectivity index (χ1v) is 6.74. The molecule has 0 saturated carbocycles. The van der Waals surface area contributed by atoms with E-state index < -0.39 is 0 Å². The quantitative estimate of drug-likeness (QED) is 0.782. The zero-order valence-corrected chi connectivity index (χ0v) is 11.1. The number of allylic oxidation sites excluding steroid dienone is 1. The van der Waals surface area contributed by atoms with Gasteiger partial charge in [0.15, 0.2) is 0 Å². The molecule has 2 heteroatoms. The number of benzene rings is 1. The molecule has 0 amide bonds. The van der Waals surface area contributed by atoms with Gasteiger partial charge in [0, 0.05) is 11.1 Å². The van der Waals surface area contributed by atoms with E-state index in [0.29, 0.717) is 0 Å². The molecule has 1 aliphatic carbocycles. The lowest BCUT2D eigenvalue weighted by Crippen LogP contribution is -2.12. The molecule has 17 heavy (non-hydrogen) atoms. The summed E-state index contributed by atoms with van der Waals surface area (Å²) >= 11 is 6.13. The Morgan fingerprint density at radius 2 is 2.18 bits per heavy atom. The van der Waals surface area contributed by atoms with Crippen LogP contribution in [0.25, 0.3) is 0 Å². The number of hydrogen-bond acceptors (Lipinski definition) is 1. The van der Waals surface area contributed by atoms with E-state index in [1.807, 2.05) is 19.1 Å². The first-order valence-electron chi connectivity index (χ1n) is 6.36. The van der Waals surface area contributed by atoms with Crippen molar-refractivity contribution >= 4 is 11.6 Å². The molecule has 1 unspecified atom stereocenters. The average Bonchev–Trinajstić information content (AvgIpc) is 2.34. The van der Waals surface area contributed by atoms with Gasteiger partial charge >= 0.3 is 0 Å². The van der Waals surface area contributed by atoms with Gasteiger partial charge in [0.05, 0.1) is 0 Å². The van der Waals surface area contributed by atoms with E-state index in [9.17, 15) is 0 Å². The number of nitrogens with two attached hydrogens (primary N) is 1.